The fourth-order valence-corrected chi connectivity index (χ4v) is 5.31. The van der Waals surface area contributed by atoms with Crippen molar-refractivity contribution in [2.24, 2.45) is 17.8 Å². The van der Waals surface area contributed by atoms with E-state index in [9.17, 15) is 18.0 Å². The van der Waals surface area contributed by atoms with Gasteiger partial charge in [-0.05, 0) is 58.9 Å². The highest BCUT2D eigenvalue weighted by Crippen LogP contribution is 2.50. The molecule has 0 spiro atoms. The molecule has 158 valence electrons. The molecule has 3 heterocycles. The maximum absolute atomic E-state index is 13.2. The van der Waals surface area contributed by atoms with Crippen LogP contribution in [-0.4, -0.2) is 54.5 Å². The van der Waals surface area contributed by atoms with Crippen LogP contribution in [0.4, 0.5) is 13.2 Å². The Bertz CT molecular complexity index is 649. The van der Waals surface area contributed by atoms with Crippen LogP contribution in [-0.2, 0) is 14.3 Å². The lowest BCUT2D eigenvalue weighted by atomic mass is 9.80. The summed E-state index contributed by atoms with van der Waals surface area (Å²) in [6, 6.07) is 0. The van der Waals surface area contributed by atoms with Gasteiger partial charge in [-0.25, -0.2) is 0 Å². The molecule has 0 aromatic carbocycles. The summed E-state index contributed by atoms with van der Waals surface area (Å²) in [5.41, 5.74) is 1.05. The summed E-state index contributed by atoms with van der Waals surface area (Å²) in [6.45, 7) is 5.14. The van der Waals surface area contributed by atoms with E-state index < -0.39 is 12.1 Å². The SMILES string of the molecule is CC1=CCC[C@@]2(C)O[C@@H]2[C@H]2OC(=O)[C@@H](CN3CCCC(C(F)(F)F)C3)[C@@H]2CC1. The molecule has 0 aromatic rings. The van der Waals surface area contributed by atoms with Crippen LogP contribution in [0.25, 0.3) is 0 Å². The number of carbonyl (C=O) groups excluding carboxylic acids is 1. The average molecular weight is 401 g/mol. The third-order valence-corrected chi connectivity index (χ3v) is 7.16. The molecule has 0 saturated carbocycles. The Labute approximate surface area is 164 Å². The van der Waals surface area contributed by atoms with Crippen molar-refractivity contribution in [1.82, 2.24) is 4.90 Å². The monoisotopic (exact) mass is 401 g/mol. The van der Waals surface area contributed by atoms with E-state index >= 15 is 0 Å². The van der Waals surface area contributed by atoms with Crippen molar-refractivity contribution in [3.63, 3.8) is 0 Å². The highest BCUT2D eigenvalue weighted by molar-refractivity contribution is 5.75. The van der Waals surface area contributed by atoms with Crippen LogP contribution in [0, 0.1) is 17.8 Å². The van der Waals surface area contributed by atoms with Crippen LogP contribution in [0.15, 0.2) is 11.6 Å². The van der Waals surface area contributed by atoms with Gasteiger partial charge in [-0.15, -0.1) is 0 Å². The van der Waals surface area contributed by atoms with Gasteiger partial charge in [0.1, 0.15) is 12.2 Å². The first-order valence-corrected chi connectivity index (χ1v) is 10.5. The van der Waals surface area contributed by atoms with Gasteiger partial charge in [-0.3, -0.25) is 4.79 Å². The number of epoxide rings is 1. The first-order valence-electron chi connectivity index (χ1n) is 10.5. The zero-order valence-corrected chi connectivity index (χ0v) is 16.6. The number of likely N-dealkylation sites (tertiary alicyclic amines) is 1. The van der Waals surface area contributed by atoms with Gasteiger partial charge in [-0.2, -0.15) is 13.2 Å². The Balaban J connectivity index is 1.49. The summed E-state index contributed by atoms with van der Waals surface area (Å²) in [6.07, 6.45) is 2.00. The smallest absolute Gasteiger partial charge is 0.393 e. The third kappa shape index (κ3) is 3.97. The van der Waals surface area contributed by atoms with Crippen molar-refractivity contribution >= 4 is 5.97 Å². The molecule has 3 fully saturated rings. The zero-order valence-electron chi connectivity index (χ0n) is 16.6. The van der Waals surface area contributed by atoms with E-state index in [0.717, 1.165) is 25.7 Å². The molecule has 4 aliphatic rings. The maximum atomic E-state index is 13.2. The predicted molar refractivity (Wildman–Crippen MR) is 97.6 cm³/mol. The van der Waals surface area contributed by atoms with E-state index in [0.29, 0.717) is 19.5 Å². The van der Waals surface area contributed by atoms with Crippen molar-refractivity contribution in [1.29, 1.82) is 0 Å². The molecule has 4 rings (SSSR count). The lowest BCUT2D eigenvalue weighted by molar-refractivity contribution is -0.187. The van der Waals surface area contributed by atoms with E-state index in [-0.39, 0.29) is 48.6 Å². The Kier molecular flexibility index (Phi) is 5.28. The second-order valence-corrected chi connectivity index (χ2v) is 9.29. The average Bonchev–Trinajstić information content (AvgIpc) is 3.19. The number of nitrogens with zero attached hydrogens (tertiary/aromatic N) is 1. The second-order valence-electron chi connectivity index (χ2n) is 9.29. The minimum Gasteiger partial charge on any atom is -0.459 e. The Hall–Kier alpha value is -1.08. The molecule has 0 aromatic heterocycles. The number of halogens is 3. The standard InChI is InChI=1S/C21H30F3NO3/c1-13-5-3-9-20(2)18(28-20)17-15(8-7-13)16(19(26)27-17)12-25-10-4-6-14(11-25)21(22,23)24/h5,14-18H,3-4,6-12H2,1-2H3/t14?,15-,16-,17-,18+,20+/m0/s1. The number of hydrogen-bond acceptors (Lipinski definition) is 4. The summed E-state index contributed by atoms with van der Waals surface area (Å²) < 4.78 is 51.2. The number of piperidine rings is 1. The normalized spacial score (nSPS) is 42.2. The molecule has 3 saturated heterocycles. The Morgan fingerprint density at radius 2 is 2.11 bits per heavy atom. The van der Waals surface area contributed by atoms with Gasteiger partial charge in [0.05, 0.1) is 17.4 Å². The molecular weight excluding hydrogens is 371 g/mol. The molecule has 1 unspecified atom stereocenters. The van der Waals surface area contributed by atoms with Crippen LogP contribution in [0.3, 0.4) is 0 Å². The molecule has 1 aliphatic carbocycles. The number of hydrogen-bond donors (Lipinski definition) is 0. The van der Waals surface area contributed by atoms with Crippen molar-refractivity contribution in [2.75, 3.05) is 19.6 Å². The summed E-state index contributed by atoms with van der Waals surface area (Å²) >= 11 is 0. The third-order valence-electron chi connectivity index (χ3n) is 7.16. The number of ether oxygens (including phenoxy) is 2. The van der Waals surface area contributed by atoms with E-state index in [1.54, 1.807) is 0 Å². The highest BCUT2D eigenvalue weighted by atomic mass is 19.4. The minimum absolute atomic E-state index is 0.00652. The van der Waals surface area contributed by atoms with Crippen LogP contribution < -0.4 is 0 Å². The number of esters is 1. The van der Waals surface area contributed by atoms with Crippen molar-refractivity contribution in [3.8, 4) is 0 Å². The van der Waals surface area contributed by atoms with Crippen molar-refractivity contribution in [2.45, 2.75) is 76.4 Å². The maximum Gasteiger partial charge on any atom is 0.393 e. The molecule has 0 N–H and O–H groups in total. The van der Waals surface area contributed by atoms with Crippen LogP contribution >= 0.6 is 0 Å². The number of allylic oxidation sites excluding steroid dienone is 2. The molecule has 28 heavy (non-hydrogen) atoms. The second kappa shape index (κ2) is 7.31. The zero-order chi connectivity index (χ0) is 20.1. The van der Waals surface area contributed by atoms with Crippen molar-refractivity contribution < 1.29 is 27.4 Å². The van der Waals surface area contributed by atoms with Crippen LogP contribution in [0.5, 0.6) is 0 Å². The van der Waals surface area contributed by atoms with E-state index in [1.165, 1.54) is 5.57 Å². The number of fused-ring (bicyclic) bond motifs is 3. The lowest BCUT2D eigenvalue weighted by Gasteiger charge is -2.35. The Morgan fingerprint density at radius 1 is 1.32 bits per heavy atom. The van der Waals surface area contributed by atoms with Gasteiger partial charge in [0.2, 0.25) is 0 Å². The Morgan fingerprint density at radius 3 is 2.86 bits per heavy atom. The molecule has 6 atom stereocenters. The quantitative estimate of drug-likeness (QED) is 0.397. The molecule has 0 radical (unpaired) electrons. The lowest BCUT2D eigenvalue weighted by Crippen LogP contribution is -2.45. The van der Waals surface area contributed by atoms with Gasteiger partial charge in [0.25, 0.3) is 0 Å². The van der Waals surface area contributed by atoms with Gasteiger partial charge in [0.15, 0.2) is 0 Å². The number of alkyl halides is 3. The van der Waals surface area contributed by atoms with Crippen LogP contribution in [0.2, 0.25) is 0 Å². The summed E-state index contributed by atoms with van der Waals surface area (Å²) in [5.74, 6) is -1.91. The fourth-order valence-electron chi connectivity index (χ4n) is 5.31. The topological polar surface area (TPSA) is 42.1 Å². The van der Waals surface area contributed by atoms with Crippen LogP contribution in [0.1, 0.15) is 52.4 Å². The highest BCUT2D eigenvalue weighted by Gasteiger charge is 2.62. The number of carbonyl (C=O) groups is 1. The van der Waals surface area contributed by atoms with E-state index in [2.05, 4.69) is 19.9 Å². The first-order chi connectivity index (χ1) is 13.2. The first kappa shape index (κ1) is 20.2. The minimum atomic E-state index is -4.17. The van der Waals surface area contributed by atoms with Crippen molar-refractivity contribution in [3.05, 3.63) is 11.6 Å². The summed E-state index contributed by atoms with van der Waals surface area (Å²) in [7, 11) is 0. The van der Waals surface area contributed by atoms with Gasteiger partial charge < -0.3 is 14.4 Å². The fraction of sp³-hybridized carbons (Fsp3) is 0.857. The van der Waals surface area contributed by atoms with Gasteiger partial charge in [0, 0.05) is 19.0 Å². The largest absolute Gasteiger partial charge is 0.459 e. The molecule has 0 amide bonds. The van der Waals surface area contributed by atoms with E-state index in [1.807, 2.05) is 4.90 Å². The van der Waals surface area contributed by atoms with Gasteiger partial charge >= 0.3 is 12.1 Å². The number of rotatable bonds is 2. The summed E-state index contributed by atoms with van der Waals surface area (Å²) in [4.78, 5) is 14.5. The molecular formula is C21H30F3NO3. The molecule has 3 aliphatic heterocycles. The molecule has 4 nitrogen and oxygen atoms in total. The van der Waals surface area contributed by atoms with E-state index in [4.69, 9.17) is 9.47 Å². The molecule has 7 heteroatoms. The van der Waals surface area contributed by atoms with Gasteiger partial charge in [-0.1, -0.05) is 11.6 Å². The predicted octanol–water partition coefficient (Wildman–Crippen LogP) is 4.10. The molecule has 0 bridgehead atoms. The summed E-state index contributed by atoms with van der Waals surface area (Å²) in [5, 5.41) is 0.